The molecule has 1 atom stereocenters. The molecular formula is C12H18N2O2. The molecule has 1 rings (SSSR count). The largest absolute Gasteiger partial charge is 0.481 e. The van der Waals surface area contributed by atoms with Crippen LogP contribution in [0, 0.1) is 0 Å². The van der Waals surface area contributed by atoms with E-state index in [9.17, 15) is 4.79 Å². The molecule has 88 valence electrons. The minimum atomic E-state index is -0.720. The van der Waals surface area contributed by atoms with E-state index < -0.39 is 5.97 Å². The second kappa shape index (κ2) is 6.95. The Labute approximate surface area is 95.7 Å². The Kier molecular flexibility index (Phi) is 5.50. The molecule has 1 heterocycles. The lowest BCUT2D eigenvalue weighted by molar-refractivity contribution is -0.137. The van der Waals surface area contributed by atoms with Gasteiger partial charge in [0.1, 0.15) is 0 Å². The molecule has 1 unspecified atom stereocenters. The fraction of sp³-hybridized carbons (Fsp3) is 0.500. The van der Waals surface area contributed by atoms with Crippen LogP contribution < -0.4 is 5.32 Å². The average Bonchev–Trinajstić information content (AvgIpc) is 2.29. The zero-order valence-electron chi connectivity index (χ0n) is 9.52. The Balaban J connectivity index is 2.16. The van der Waals surface area contributed by atoms with E-state index in [-0.39, 0.29) is 12.5 Å². The van der Waals surface area contributed by atoms with Crippen LogP contribution in [0.5, 0.6) is 0 Å². The van der Waals surface area contributed by atoms with Crippen molar-refractivity contribution in [3.8, 4) is 0 Å². The fourth-order valence-electron chi connectivity index (χ4n) is 1.49. The monoisotopic (exact) mass is 222 g/mol. The average molecular weight is 222 g/mol. The first-order valence-electron chi connectivity index (χ1n) is 5.55. The molecule has 0 aliphatic carbocycles. The van der Waals surface area contributed by atoms with Crippen molar-refractivity contribution in [1.82, 2.24) is 10.3 Å². The smallest absolute Gasteiger partial charge is 0.303 e. The Bertz CT molecular complexity index is 314. The Morgan fingerprint density at radius 3 is 2.75 bits per heavy atom. The van der Waals surface area contributed by atoms with Gasteiger partial charge < -0.3 is 10.4 Å². The van der Waals surface area contributed by atoms with Gasteiger partial charge in [-0.15, -0.1) is 0 Å². The van der Waals surface area contributed by atoms with Gasteiger partial charge in [0.25, 0.3) is 0 Å². The number of rotatable bonds is 7. The van der Waals surface area contributed by atoms with Gasteiger partial charge >= 0.3 is 5.97 Å². The number of aliphatic carboxylic acids is 1. The molecule has 0 aliphatic heterocycles. The van der Waals surface area contributed by atoms with Crippen molar-refractivity contribution in [3.63, 3.8) is 0 Å². The highest BCUT2D eigenvalue weighted by Gasteiger charge is 2.03. The molecule has 4 nitrogen and oxygen atoms in total. The summed E-state index contributed by atoms with van der Waals surface area (Å²) in [5.41, 5.74) is 1.20. The number of hydrogen-bond donors (Lipinski definition) is 2. The van der Waals surface area contributed by atoms with Crippen LogP contribution in [0.2, 0.25) is 0 Å². The van der Waals surface area contributed by atoms with Crippen LogP contribution >= 0.6 is 0 Å². The van der Waals surface area contributed by atoms with E-state index >= 15 is 0 Å². The molecule has 0 amide bonds. The van der Waals surface area contributed by atoms with Crippen LogP contribution in [0.3, 0.4) is 0 Å². The highest BCUT2D eigenvalue weighted by atomic mass is 16.4. The molecule has 0 saturated carbocycles. The topological polar surface area (TPSA) is 62.2 Å². The van der Waals surface area contributed by atoms with Crippen LogP contribution in [0.1, 0.15) is 37.8 Å². The molecule has 1 aromatic rings. The summed E-state index contributed by atoms with van der Waals surface area (Å²) in [4.78, 5) is 14.3. The number of nitrogens with one attached hydrogen (secondary N) is 1. The summed E-state index contributed by atoms with van der Waals surface area (Å²) in [7, 11) is 0. The standard InChI is InChI=1S/C12H18N2O2/c1-10(11-5-8-13-9-6-11)14-7-3-2-4-12(15)16/h5-6,8-10,14H,2-4,7H2,1H3,(H,15,16). The number of nitrogens with zero attached hydrogens (tertiary/aromatic N) is 1. The number of carbonyl (C=O) groups is 1. The van der Waals surface area contributed by atoms with Crippen molar-refractivity contribution in [2.24, 2.45) is 0 Å². The lowest BCUT2D eigenvalue weighted by Crippen LogP contribution is -2.19. The van der Waals surface area contributed by atoms with Crippen LogP contribution in [0.25, 0.3) is 0 Å². The van der Waals surface area contributed by atoms with Gasteiger partial charge in [-0.1, -0.05) is 0 Å². The van der Waals surface area contributed by atoms with Gasteiger partial charge in [-0.05, 0) is 44.0 Å². The normalized spacial score (nSPS) is 12.3. The summed E-state index contributed by atoms with van der Waals surface area (Å²) in [6, 6.07) is 4.25. The summed E-state index contributed by atoms with van der Waals surface area (Å²) < 4.78 is 0. The molecule has 4 heteroatoms. The van der Waals surface area contributed by atoms with Gasteiger partial charge in [-0.2, -0.15) is 0 Å². The SMILES string of the molecule is CC(NCCCCC(=O)O)c1ccncc1. The zero-order chi connectivity index (χ0) is 11.8. The molecule has 1 aromatic heterocycles. The summed E-state index contributed by atoms with van der Waals surface area (Å²) >= 11 is 0. The number of unbranched alkanes of at least 4 members (excludes halogenated alkanes) is 1. The minimum Gasteiger partial charge on any atom is -0.481 e. The van der Waals surface area contributed by atoms with Crippen molar-refractivity contribution >= 4 is 5.97 Å². The molecule has 0 aromatic carbocycles. The third-order valence-electron chi connectivity index (χ3n) is 2.47. The van der Waals surface area contributed by atoms with Gasteiger partial charge in [0.2, 0.25) is 0 Å². The quantitative estimate of drug-likeness (QED) is 0.692. The highest BCUT2D eigenvalue weighted by molar-refractivity contribution is 5.66. The Hall–Kier alpha value is -1.42. The molecule has 16 heavy (non-hydrogen) atoms. The summed E-state index contributed by atoms with van der Waals surface area (Å²) in [6.45, 7) is 2.93. The Morgan fingerprint density at radius 2 is 2.12 bits per heavy atom. The molecule has 0 fully saturated rings. The molecule has 2 N–H and O–H groups in total. The predicted molar refractivity (Wildman–Crippen MR) is 62.1 cm³/mol. The van der Waals surface area contributed by atoms with E-state index in [2.05, 4.69) is 17.2 Å². The number of pyridine rings is 1. The van der Waals surface area contributed by atoms with Crippen LogP contribution in [0.4, 0.5) is 0 Å². The first-order chi connectivity index (χ1) is 7.70. The lowest BCUT2D eigenvalue weighted by Gasteiger charge is -2.13. The van der Waals surface area contributed by atoms with Crippen molar-refractivity contribution in [2.75, 3.05) is 6.54 Å². The van der Waals surface area contributed by atoms with Gasteiger partial charge in [0.15, 0.2) is 0 Å². The lowest BCUT2D eigenvalue weighted by atomic mass is 10.1. The maximum Gasteiger partial charge on any atom is 0.303 e. The predicted octanol–water partition coefficient (Wildman–Crippen LogP) is 1.99. The summed E-state index contributed by atoms with van der Waals surface area (Å²) in [5, 5.41) is 11.8. The maximum absolute atomic E-state index is 10.3. The molecule has 0 spiro atoms. The van der Waals surface area contributed by atoms with Gasteiger partial charge in [-0.25, -0.2) is 0 Å². The molecule has 0 aliphatic rings. The second-order valence-corrected chi connectivity index (χ2v) is 3.81. The molecule has 0 radical (unpaired) electrons. The van der Waals surface area contributed by atoms with Gasteiger partial charge in [-0.3, -0.25) is 9.78 Å². The second-order valence-electron chi connectivity index (χ2n) is 3.81. The van der Waals surface area contributed by atoms with Crippen molar-refractivity contribution in [2.45, 2.75) is 32.2 Å². The van der Waals surface area contributed by atoms with E-state index in [1.807, 2.05) is 12.1 Å². The zero-order valence-corrected chi connectivity index (χ0v) is 9.52. The minimum absolute atomic E-state index is 0.255. The van der Waals surface area contributed by atoms with Crippen molar-refractivity contribution in [3.05, 3.63) is 30.1 Å². The van der Waals surface area contributed by atoms with Crippen LogP contribution in [0.15, 0.2) is 24.5 Å². The summed E-state index contributed by atoms with van der Waals surface area (Å²) in [6.07, 6.45) is 5.42. The number of aromatic nitrogens is 1. The van der Waals surface area contributed by atoms with E-state index in [1.165, 1.54) is 5.56 Å². The van der Waals surface area contributed by atoms with Crippen molar-refractivity contribution < 1.29 is 9.90 Å². The molecular weight excluding hydrogens is 204 g/mol. The van der Waals surface area contributed by atoms with Gasteiger partial charge in [0.05, 0.1) is 0 Å². The fourth-order valence-corrected chi connectivity index (χ4v) is 1.49. The third-order valence-corrected chi connectivity index (χ3v) is 2.47. The number of hydrogen-bond acceptors (Lipinski definition) is 3. The van der Waals surface area contributed by atoms with E-state index in [4.69, 9.17) is 5.11 Å². The first kappa shape index (κ1) is 12.6. The summed E-state index contributed by atoms with van der Waals surface area (Å²) in [5.74, 6) is -0.720. The van der Waals surface area contributed by atoms with Crippen LogP contribution in [-0.2, 0) is 4.79 Å². The van der Waals surface area contributed by atoms with Crippen molar-refractivity contribution in [1.29, 1.82) is 0 Å². The number of carboxylic acid groups (broad SMARTS) is 1. The Morgan fingerprint density at radius 1 is 1.44 bits per heavy atom. The van der Waals surface area contributed by atoms with E-state index in [1.54, 1.807) is 12.4 Å². The van der Waals surface area contributed by atoms with E-state index in [0.717, 1.165) is 19.4 Å². The van der Waals surface area contributed by atoms with Gasteiger partial charge in [0, 0.05) is 24.9 Å². The molecule has 0 bridgehead atoms. The number of carboxylic acids is 1. The molecule has 0 saturated heterocycles. The first-order valence-corrected chi connectivity index (χ1v) is 5.55. The third kappa shape index (κ3) is 4.89. The van der Waals surface area contributed by atoms with E-state index in [0.29, 0.717) is 0 Å². The van der Waals surface area contributed by atoms with Crippen LogP contribution in [-0.4, -0.2) is 22.6 Å². The highest BCUT2D eigenvalue weighted by Crippen LogP contribution is 2.09. The maximum atomic E-state index is 10.3.